The molecule has 1 aromatic carbocycles. The number of rotatable bonds is 4. The number of hydrogen-bond donors (Lipinski definition) is 1. The van der Waals surface area contributed by atoms with Crippen molar-refractivity contribution in [1.29, 1.82) is 0 Å². The molecule has 0 aromatic heterocycles. The van der Waals surface area contributed by atoms with E-state index in [2.05, 4.69) is 10.2 Å². The maximum Gasteiger partial charge on any atom is 0.163 e. The van der Waals surface area contributed by atoms with Gasteiger partial charge in [0.2, 0.25) is 0 Å². The van der Waals surface area contributed by atoms with Gasteiger partial charge in [-0.2, -0.15) is 0 Å². The molecule has 1 fully saturated rings. The topological polar surface area (TPSA) is 15.3 Å². The molecule has 2 rings (SSSR count). The summed E-state index contributed by atoms with van der Waals surface area (Å²) in [6.45, 7) is 2.83. The normalized spacial score (nSPS) is 19.4. The number of likely N-dealkylation sites (tertiary alicyclic amines) is 1. The predicted octanol–water partition coefficient (Wildman–Crippen LogP) is 3.49. The summed E-state index contributed by atoms with van der Waals surface area (Å²) in [5, 5.41) is 3.12. The second-order valence-corrected chi connectivity index (χ2v) is 5.55. The van der Waals surface area contributed by atoms with E-state index in [0.717, 1.165) is 19.6 Å². The molecule has 1 aliphatic rings. The molecule has 1 aliphatic heterocycles. The first kappa shape index (κ1) is 15.4. The van der Waals surface area contributed by atoms with Crippen LogP contribution in [0.15, 0.2) is 18.2 Å². The Labute approximate surface area is 120 Å². The third-order valence-electron chi connectivity index (χ3n) is 4.09. The van der Waals surface area contributed by atoms with Crippen molar-refractivity contribution in [1.82, 2.24) is 10.2 Å². The van der Waals surface area contributed by atoms with Gasteiger partial charge in [-0.15, -0.1) is 0 Å². The molecule has 0 spiro atoms. The molecule has 1 unspecified atom stereocenters. The minimum absolute atomic E-state index is 0.162. The van der Waals surface area contributed by atoms with E-state index in [4.69, 9.17) is 0 Å². The number of hydrogen-bond acceptors (Lipinski definition) is 2. The molecule has 1 saturated heterocycles. The highest BCUT2D eigenvalue weighted by Gasteiger charge is 2.20. The summed E-state index contributed by atoms with van der Waals surface area (Å²) in [5.74, 6) is -1.49. The third kappa shape index (κ3) is 4.00. The van der Waals surface area contributed by atoms with Crippen molar-refractivity contribution in [3.05, 3.63) is 35.4 Å². The lowest BCUT2D eigenvalue weighted by Gasteiger charge is -2.29. The summed E-state index contributed by atoms with van der Waals surface area (Å²) in [5.41, 5.74) is 0.426. The summed E-state index contributed by atoms with van der Waals surface area (Å²) in [6.07, 6.45) is 6.26. The Hall–Kier alpha value is -1.00. The van der Waals surface area contributed by atoms with Crippen LogP contribution in [0.3, 0.4) is 0 Å². The van der Waals surface area contributed by atoms with Gasteiger partial charge in [0.05, 0.1) is 0 Å². The van der Waals surface area contributed by atoms with Gasteiger partial charge in [0.1, 0.15) is 0 Å². The lowest BCUT2D eigenvalue weighted by Crippen LogP contribution is -2.36. The SMILES string of the molecule is CNC(CN1CCCCCCC1)c1cccc(F)c1F. The van der Waals surface area contributed by atoms with Gasteiger partial charge in [-0.1, -0.05) is 31.4 Å². The second-order valence-electron chi connectivity index (χ2n) is 5.55. The fourth-order valence-corrected chi connectivity index (χ4v) is 2.89. The Morgan fingerprint density at radius 2 is 1.75 bits per heavy atom. The Kier molecular flexibility index (Phi) is 5.92. The van der Waals surface area contributed by atoms with E-state index in [9.17, 15) is 8.78 Å². The molecule has 1 heterocycles. The molecular weight excluding hydrogens is 258 g/mol. The van der Waals surface area contributed by atoms with E-state index < -0.39 is 11.6 Å². The van der Waals surface area contributed by atoms with Crippen LogP contribution in [0.1, 0.15) is 43.7 Å². The quantitative estimate of drug-likeness (QED) is 0.909. The molecule has 1 atom stereocenters. The number of nitrogens with one attached hydrogen (secondary N) is 1. The van der Waals surface area contributed by atoms with Crippen LogP contribution < -0.4 is 5.32 Å². The van der Waals surface area contributed by atoms with Gasteiger partial charge < -0.3 is 10.2 Å². The highest BCUT2D eigenvalue weighted by Crippen LogP contribution is 2.21. The van der Waals surface area contributed by atoms with Crippen LogP contribution >= 0.6 is 0 Å². The zero-order valence-electron chi connectivity index (χ0n) is 12.2. The molecule has 0 aliphatic carbocycles. The van der Waals surface area contributed by atoms with Crippen molar-refractivity contribution in [3.63, 3.8) is 0 Å². The van der Waals surface area contributed by atoms with Crippen molar-refractivity contribution in [3.8, 4) is 0 Å². The van der Waals surface area contributed by atoms with Crippen molar-refractivity contribution in [2.24, 2.45) is 0 Å². The van der Waals surface area contributed by atoms with Crippen LogP contribution in [0.25, 0.3) is 0 Å². The largest absolute Gasteiger partial charge is 0.312 e. The number of nitrogens with zero attached hydrogens (tertiary/aromatic N) is 1. The average Bonchev–Trinajstić information content (AvgIpc) is 2.41. The van der Waals surface area contributed by atoms with Crippen molar-refractivity contribution < 1.29 is 8.78 Å². The Morgan fingerprint density at radius 1 is 1.10 bits per heavy atom. The first-order chi connectivity index (χ1) is 9.72. The zero-order chi connectivity index (χ0) is 14.4. The summed E-state index contributed by atoms with van der Waals surface area (Å²) in [4.78, 5) is 2.37. The molecule has 0 bridgehead atoms. The molecule has 1 aromatic rings. The average molecular weight is 282 g/mol. The van der Waals surface area contributed by atoms with E-state index in [-0.39, 0.29) is 6.04 Å². The van der Waals surface area contributed by atoms with Crippen LogP contribution in [-0.2, 0) is 0 Å². The van der Waals surface area contributed by atoms with Crippen LogP contribution in [-0.4, -0.2) is 31.6 Å². The van der Waals surface area contributed by atoms with Gasteiger partial charge >= 0.3 is 0 Å². The monoisotopic (exact) mass is 282 g/mol. The predicted molar refractivity (Wildman–Crippen MR) is 77.7 cm³/mol. The molecule has 20 heavy (non-hydrogen) atoms. The Morgan fingerprint density at radius 3 is 2.40 bits per heavy atom. The number of halogens is 2. The molecular formula is C16H24F2N2. The van der Waals surface area contributed by atoms with Gasteiger partial charge in [0, 0.05) is 18.2 Å². The standard InChI is InChI=1S/C16H24F2N2/c1-19-15(13-8-7-9-14(17)16(13)18)12-20-10-5-3-2-4-6-11-20/h7-9,15,19H,2-6,10-12H2,1H3. The smallest absolute Gasteiger partial charge is 0.163 e. The van der Waals surface area contributed by atoms with Crippen LogP contribution in [0.4, 0.5) is 8.78 Å². The molecule has 112 valence electrons. The van der Waals surface area contributed by atoms with Gasteiger partial charge in [-0.3, -0.25) is 0 Å². The Balaban J connectivity index is 2.05. The van der Waals surface area contributed by atoms with Crippen LogP contribution in [0, 0.1) is 11.6 Å². The fourth-order valence-electron chi connectivity index (χ4n) is 2.89. The lowest BCUT2D eigenvalue weighted by atomic mass is 10.0. The minimum Gasteiger partial charge on any atom is -0.312 e. The van der Waals surface area contributed by atoms with Crippen molar-refractivity contribution in [2.75, 3.05) is 26.7 Å². The van der Waals surface area contributed by atoms with E-state index in [1.165, 1.54) is 38.2 Å². The number of benzene rings is 1. The van der Waals surface area contributed by atoms with Gasteiger partial charge in [0.25, 0.3) is 0 Å². The summed E-state index contributed by atoms with van der Waals surface area (Å²) >= 11 is 0. The first-order valence-corrected chi connectivity index (χ1v) is 7.56. The lowest BCUT2D eigenvalue weighted by molar-refractivity contribution is 0.223. The van der Waals surface area contributed by atoms with Gasteiger partial charge in [-0.05, 0) is 39.0 Å². The summed E-state index contributed by atoms with van der Waals surface area (Å²) in [6, 6.07) is 4.25. The molecule has 0 amide bonds. The highest BCUT2D eigenvalue weighted by atomic mass is 19.2. The van der Waals surface area contributed by atoms with Gasteiger partial charge in [-0.25, -0.2) is 8.78 Å². The summed E-state index contributed by atoms with van der Waals surface area (Å²) < 4.78 is 27.3. The molecule has 0 radical (unpaired) electrons. The number of likely N-dealkylation sites (N-methyl/N-ethyl adjacent to an activating group) is 1. The zero-order valence-corrected chi connectivity index (χ0v) is 12.2. The maximum atomic E-state index is 13.9. The fraction of sp³-hybridized carbons (Fsp3) is 0.625. The second kappa shape index (κ2) is 7.70. The summed E-state index contributed by atoms with van der Waals surface area (Å²) in [7, 11) is 1.80. The highest BCUT2D eigenvalue weighted by molar-refractivity contribution is 5.22. The minimum atomic E-state index is -0.768. The third-order valence-corrected chi connectivity index (χ3v) is 4.09. The van der Waals surface area contributed by atoms with Gasteiger partial charge in [0.15, 0.2) is 11.6 Å². The van der Waals surface area contributed by atoms with Crippen LogP contribution in [0.2, 0.25) is 0 Å². The van der Waals surface area contributed by atoms with Crippen LogP contribution in [0.5, 0.6) is 0 Å². The molecule has 0 saturated carbocycles. The van der Waals surface area contributed by atoms with Crippen molar-refractivity contribution in [2.45, 2.75) is 38.1 Å². The van der Waals surface area contributed by atoms with E-state index >= 15 is 0 Å². The molecule has 1 N–H and O–H groups in total. The van der Waals surface area contributed by atoms with E-state index in [0.29, 0.717) is 5.56 Å². The molecule has 4 heteroatoms. The van der Waals surface area contributed by atoms with Crippen molar-refractivity contribution >= 4 is 0 Å². The Bertz CT molecular complexity index is 415. The molecule has 2 nitrogen and oxygen atoms in total. The maximum absolute atomic E-state index is 13.9. The first-order valence-electron chi connectivity index (χ1n) is 7.56. The van der Waals surface area contributed by atoms with E-state index in [1.54, 1.807) is 19.2 Å². The van der Waals surface area contributed by atoms with E-state index in [1.807, 2.05) is 0 Å².